The third-order valence-corrected chi connectivity index (χ3v) is 4.66. The molecule has 2 nitrogen and oxygen atoms in total. The highest BCUT2D eigenvalue weighted by Gasteiger charge is 2.39. The lowest BCUT2D eigenvalue weighted by Gasteiger charge is -2.41. The van der Waals surface area contributed by atoms with Gasteiger partial charge < -0.3 is 9.84 Å². The van der Waals surface area contributed by atoms with Crippen LogP contribution in [-0.4, -0.2) is 23.4 Å². The third-order valence-electron chi connectivity index (χ3n) is 4.17. The lowest BCUT2D eigenvalue weighted by molar-refractivity contribution is -0.138. The summed E-state index contributed by atoms with van der Waals surface area (Å²) in [6.45, 7) is 2.53. The van der Waals surface area contributed by atoms with Crippen LogP contribution in [0.5, 0.6) is 0 Å². The van der Waals surface area contributed by atoms with Gasteiger partial charge in [-0.15, -0.1) is 0 Å². The van der Waals surface area contributed by atoms with Crippen molar-refractivity contribution in [3.8, 4) is 0 Å². The molecule has 2 rings (SSSR count). The van der Waals surface area contributed by atoms with Crippen LogP contribution in [0.3, 0.4) is 0 Å². The summed E-state index contributed by atoms with van der Waals surface area (Å²) >= 11 is 3.25. The van der Waals surface area contributed by atoms with Gasteiger partial charge in [0.1, 0.15) is 5.82 Å². The molecule has 1 saturated carbocycles. The van der Waals surface area contributed by atoms with Crippen molar-refractivity contribution in [1.29, 1.82) is 0 Å². The first-order valence-corrected chi connectivity index (χ1v) is 8.12. The number of aliphatic hydroxyl groups excluding tert-OH is 1. The van der Waals surface area contributed by atoms with Crippen LogP contribution in [-0.2, 0) is 11.2 Å². The van der Waals surface area contributed by atoms with Crippen molar-refractivity contribution in [2.45, 2.75) is 57.2 Å². The van der Waals surface area contributed by atoms with Crippen molar-refractivity contribution in [2.75, 3.05) is 6.61 Å². The molecule has 1 unspecified atom stereocenters. The lowest BCUT2D eigenvalue weighted by Crippen LogP contribution is -2.47. The molecule has 1 aliphatic rings. The van der Waals surface area contributed by atoms with E-state index < -0.39 is 11.7 Å². The van der Waals surface area contributed by atoms with Gasteiger partial charge in [0.25, 0.3) is 0 Å². The number of benzene rings is 1. The fourth-order valence-corrected chi connectivity index (χ4v) is 3.43. The van der Waals surface area contributed by atoms with Crippen LogP contribution >= 0.6 is 15.9 Å². The van der Waals surface area contributed by atoms with Gasteiger partial charge in [-0.2, -0.15) is 0 Å². The number of halogens is 2. The first-order valence-electron chi connectivity index (χ1n) is 7.33. The maximum atomic E-state index is 13.9. The van der Waals surface area contributed by atoms with Crippen LogP contribution in [0, 0.1) is 5.82 Å². The van der Waals surface area contributed by atoms with Gasteiger partial charge in [-0.3, -0.25) is 0 Å². The Bertz CT molecular complexity index is 439. The third kappa shape index (κ3) is 3.60. The molecule has 112 valence electrons. The molecule has 0 aromatic heterocycles. The van der Waals surface area contributed by atoms with Crippen LogP contribution in [0.15, 0.2) is 22.7 Å². The zero-order valence-corrected chi connectivity index (χ0v) is 13.5. The molecule has 0 aliphatic heterocycles. The van der Waals surface area contributed by atoms with Crippen molar-refractivity contribution in [2.24, 2.45) is 0 Å². The molecule has 1 fully saturated rings. The normalized spacial score (nSPS) is 19.8. The fourth-order valence-electron chi connectivity index (χ4n) is 3.09. The lowest BCUT2D eigenvalue weighted by atomic mass is 9.78. The molecular weight excluding hydrogens is 323 g/mol. The van der Waals surface area contributed by atoms with Gasteiger partial charge in [-0.05, 0) is 37.5 Å². The molecule has 0 heterocycles. The highest BCUT2D eigenvalue weighted by Crippen LogP contribution is 2.36. The maximum absolute atomic E-state index is 13.9. The van der Waals surface area contributed by atoms with Crippen LogP contribution in [0.1, 0.15) is 44.6 Å². The van der Waals surface area contributed by atoms with E-state index >= 15 is 0 Å². The maximum Gasteiger partial charge on any atom is 0.127 e. The first kappa shape index (κ1) is 15.9. The van der Waals surface area contributed by atoms with Gasteiger partial charge in [0.05, 0.1) is 11.7 Å². The van der Waals surface area contributed by atoms with Crippen molar-refractivity contribution in [1.82, 2.24) is 0 Å². The number of rotatable bonds is 5. The van der Waals surface area contributed by atoms with E-state index in [2.05, 4.69) is 15.9 Å². The van der Waals surface area contributed by atoms with E-state index in [4.69, 9.17) is 4.74 Å². The summed E-state index contributed by atoms with van der Waals surface area (Å²) in [5.74, 6) is -0.277. The Kier molecular flexibility index (Phi) is 5.58. The molecule has 20 heavy (non-hydrogen) atoms. The average molecular weight is 345 g/mol. The highest BCUT2D eigenvalue weighted by atomic mass is 79.9. The van der Waals surface area contributed by atoms with Gasteiger partial charge in [-0.1, -0.05) is 41.3 Å². The van der Waals surface area contributed by atoms with Gasteiger partial charge in [-0.25, -0.2) is 4.39 Å². The Morgan fingerprint density at radius 1 is 1.35 bits per heavy atom. The van der Waals surface area contributed by atoms with Crippen LogP contribution in [0.25, 0.3) is 0 Å². The fraction of sp³-hybridized carbons (Fsp3) is 0.625. The van der Waals surface area contributed by atoms with Crippen LogP contribution in [0.2, 0.25) is 0 Å². The summed E-state index contributed by atoms with van der Waals surface area (Å²) in [5.41, 5.74) is 0.0531. The van der Waals surface area contributed by atoms with Gasteiger partial charge >= 0.3 is 0 Å². The van der Waals surface area contributed by atoms with Gasteiger partial charge in [0.2, 0.25) is 0 Å². The van der Waals surface area contributed by atoms with E-state index in [1.54, 1.807) is 12.1 Å². The first-order chi connectivity index (χ1) is 9.57. The Balaban J connectivity index is 2.13. The topological polar surface area (TPSA) is 29.5 Å². The second kappa shape index (κ2) is 7.01. The Labute approximate surface area is 128 Å². The average Bonchev–Trinajstić information content (AvgIpc) is 2.43. The number of hydrogen-bond acceptors (Lipinski definition) is 2. The van der Waals surface area contributed by atoms with Crippen molar-refractivity contribution in [3.05, 3.63) is 34.1 Å². The molecule has 0 amide bonds. The molecule has 1 aliphatic carbocycles. The van der Waals surface area contributed by atoms with Gasteiger partial charge in [0.15, 0.2) is 0 Å². The van der Waals surface area contributed by atoms with E-state index in [-0.39, 0.29) is 5.82 Å². The summed E-state index contributed by atoms with van der Waals surface area (Å²) in [4.78, 5) is 0. The molecule has 1 aromatic carbocycles. The SMILES string of the molecule is CCOC1(C(O)Cc2ccc(Br)cc2F)CCCCC1. The summed E-state index contributed by atoms with van der Waals surface area (Å²) in [7, 11) is 0. The van der Waals surface area contributed by atoms with E-state index in [9.17, 15) is 9.50 Å². The Morgan fingerprint density at radius 3 is 2.65 bits per heavy atom. The standard InChI is InChI=1S/C16H22BrFO2/c1-2-20-16(8-4-3-5-9-16)15(19)10-12-6-7-13(17)11-14(12)18/h6-7,11,15,19H,2-5,8-10H2,1H3. The summed E-state index contributed by atoms with van der Waals surface area (Å²) in [6.07, 6.45) is 4.70. The second-order valence-electron chi connectivity index (χ2n) is 5.51. The van der Waals surface area contributed by atoms with E-state index in [0.717, 1.165) is 25.7 Å². The molecule has 0 bridgehead atoms. The Morgan fingerprint density at radius 2 is 2.05 bits per heavy atom. The predicted octanol–water partition coefficient (Wildman–Crippen LogP) is 4.23. The minimum atomic E-state index is -0.654. The molecular formula is C16H22BrFO2. The molecule has 1 aromatic rings. The van der Waals surface area contributed by atoms with Crippen LogP contribution in [0.4, 0.5) is 4.39 Å². The van der Waals surface area contributed by atoms with Crippen molar-refractivity contribution >= 4 is 15.9 Å². The smallest absolute Gasteiger partial charge is 0.127 e. The highest BCUT2D eigenvalue weighted by molar-refractivity contribution is 9.10. The largest absolute Gasteiger partial charge is 0.390 e. The number of ether oxygens (including phenoxy) is 1. The molecule has 0 spiro atoms. The molecule has 1 atom stereocenters. The molecule has 4 heteroatoms. The second-order valence-corrected chi connectivity index (χ2v) is 6.43. The zero-order valence-electron chi connectivity index (χ0n) is 11.9. The predicted molar refractivity (Wildman–Crippen MR) is 81.3 cm³/mol. The summed E-state index contributed by atoms with van der Waals surface area (Å²) in [5, 5.41) is 10.6. The van der Waals surface area contributed by atoms with E-state index in [1.165, 1.54) is 12.5 Å². The summed E-state index contributed by atoms with van der Waals surface area (Å²) in [6, 6.07) is 4.97. The van der Waals surface area contributed by atoms with E-state index in [0.29, 0.717) is 23.1 Å². The molecule has 0 saturated heterocycles. The Hall–Kier alpha value is -0.450. The zero-order chi connectivity index (χ0) is 14.6. The van der Waals surface area contributed by atoms with Crippen LogP contribution < -0.4 is 0 Å². The van der Waals surface area contributed by atoms with Crippen molar-refractivity contribution < 1.29 is 14.2 Å². The molecule has 1 N–H and O–H groups in total. The molecule has 0 radical (unpaired) electrons. The quantitative estimate of drug-likeness (QED) is 0.865. The van der Waals surface area contributed by atoms with Crippen molar-refractivity contribution in [3.63, 3.8) is 0 Å². The number of hydrogen-bond donors (Lipinski definition) is 1. The number of aliphatic hydroxyl groups is 1. The minimum Gasteiger partial charge on any atom is -0.390 e. The minimum absolute atomic E-state index is 0.277. The van der Waals surface area contributed by atoms with E-state index in [1.807, 2.05) is 6.92 Å². The summed E-state index contributed by atoms with van der Waals surface area (Å²) < 4.78 is 20.5. The van der Waals surface area contributed by atoms with Gasteiger partial charge in [0, 0.05) is 17.5 Å². The monoisotopic (exact) mass is 344 g/mol.